The van der Waals surface area contributed by atoms with Crippen LogP contribution in [-0.2, 0) is 0 Å². The van der Waals surface area contributed by atoms with Crippen molar-refractivity contribution >= 4 is 0 Å². The normalized spacial score (nSPS) is 40.6. The van der Waals surface area contributed by atoms with Gasteiger partial charge in [-0.05, 0) is 54.3 Å². The van der Waals surface area contributed by atoms with Crippen LogP contribution in [0.25, 0.3) is 0 Å². The van der Waals surface area contributed by atoms with Crippen LogP contribution < -0.4 is 0 Å². The molecule has 0 nitrogen and oxygen atoms in total. The molecule has 0 amide bonds. The molecule has 7 atom stereocenters. The van der Waals surface area contributed by atoms with Crippen molar-refractivity contribution in [2.45, 2.75) is 79.6 Å². The largest absolute Gasteiger partial charge is 0.0654 e. The van der Waals surface area contributed by atoms with Gasteiger partial charge in [-0.3, -0.25) is 0 Å². The Balaban J connectivity index is 1.87. The maximum Gasteiger partial charge on any atom is -0.0326 e. The highest BCUT2D eigenvalue weighted by atomic mass is 14.6. The predicted molar refractivity (Wildman–Crippen MR) is 85.1 cm³/mol. The van der Waals surface area contributed by atoms with Crippen molar-refractivity contribution in [1.82, 2.24) is 0 Å². The molecular formula is C19H36. The molecule has 0 N–H and O–H groups in total. The van der Waals surface area contributed by atoms with E-state index in [9.17, 15) is 0 Å². The summed E-state index contributed by atoms with van der Waals surface area (Å²) in [4.78, 5) is 0. The second kappa shape index (κ2) is 6.64. The molecule has 0 aromatic carbocycles. The highest BCUT2D eigenvalue weighted by Gasteiger charge is 2.53. The lowest BCUT2D eigenvalue weighted by atomic mass is 9.56. The molecule has 2 aliphatic carbocycles. The zero-order chi connectivity index (χ0) is 14.0. The first-order valence-corrected chi connectivity index (χ1v) is 9.10. The van der Waals surface area contributed by atoms with E-state index < -0.39 is 0 Å². The van der Waals surface area contributed by atoms with Crippen LogP contribution in [0.15, 0.2) is 0 Å². The van der Waals surface area contributed by atoms with Gasteiger partial charge in [0.25, 0.3) is 0 Å². The van der Waals surface area contributed by atoms with Crippen LogP contribution in [0, 0.1) is 41.4 Å². The molecule has 2 saturated carbocycles. The van der Waals surface area contributed by atoms with Crippen LogP contribution in [0.1, 0.15) is 79.6 Å². The van der Waals surface area contributed by atoms with Gasteiger partial charge in [-0.15, -0.1) is 0 Å². The zero-order valence-electron chi connectivity index (χ0n) is 14.0. The lowest BCUT2D eigenvalue weighted by molar-refractivity contribution is -0.00684. The Labute approximate surface area is 121 Å². The first kappa shape index (κ1) is 15.4. The minimum absolute atomic E-state index is 0.982. The van der Waals surface area contributed by atoms with Gasteiger partial charge in [0.1, 0.15) is 0 Å². The van der Waals surface area contributed by atoms with Crippen LogP contribution >= 0.6 is 0 Å². The third kappa shape index (κ3) is 3.03. The van der Waals surface area contributed by atoms with E-state index in [-0.39, 0.29) is 0 Å². The molecule has 0 radical (unpaired) electrons. The van der Waals surface area contributed by atoms with E-state index in [2.05, 4.69) is 34.6 Å². The van der Waals surface area contributed by atoms with Gasteiger partial charge in [0.15, 0.2) is 0 Å². The summed E-state index contributed by atoms with van der Waals surface area (Å²) in [7, 11) is 0. The Morgan fingerprint density at radius 2 is 1.74 bits per heavy atom. The zero-order valence-corrected chi connectivity index (χ0v) is 14.0. The summed E-state index contributed by atoms with van der Waals surface area (Å²) in [6.07, 6.45) is 10.2. The van der Waals surface area contributed by atoms with Crippen LogP contribution in [0.2, 0.25) is 0 Å². The van der Waals surface area contributed by atoms with E-state index in [0.29, 0.717) is 0 Å². The van der Waals surface area contributed by atoms with Gasteiger partial charge in [-0.2, -0.15) is 0 Å². The maximum atomic E-state index is 2.58. The molecule has 7 unspecified atom stereocenters. The SMILES string of the molecule is CCCCCC(CC)C(C)C1CC2C(C)CC(C)C21. The number of hydrogen-bond donors (Lipinski definition) is 0. The molecule has 0 aromatic heterocycles. The van der Waals surface area contributed by atoms with Crippen LogP contribution in [0.5, 0.6) is 0 Å². The molecular weight excluding hydrogens is 228 g/mol. The van der Waals surface area contributed by atoms with Gasteiger partial charge in [0.2, 0.25) is 0 Å². The second-order valence-electron chi connectivity index (χ2n) is 7.85. The average molecular weight is 264 g/mol. The fourth-order valence-electron chi connectivity index (χ4n) is 5.53. The highest BCUT2D eigenvalue weighted by molar-refractivity contribution is 5.01. The molecule has 19 heavy (non-hydrogen) atoms. The lowest BCUT2D eigenvalue weighted by Gasteiger charge is -2.49. The van der Waals surface area contributed by atoms with Crippen LogP contribution in [0.3, 0.4) is 0 Å². The lowest BCUT2D eigenvalue weighted by Crippen LogP contribution is -2.43. The van der Waals surface area contributed by atoms with E-state index in [0.717, 1.165) is 41.4 Å². The summed E-state index contributed by atoms with van der Waals surface area (Å²) in [6, 6.07) is 0. The average Bonchev–Trinajstić information content (AvgIpc) is 2.53. The number of fused-ring (bicyclic) bond motifs is 1. The van der Waals surface area contributed by atoms with Crippen molar-refractivity contribution in [2.75, 3.05) is 0 Å². The molecule has 0 heterocycles. The molecule has 0 aliphatic heterocycles. The second-order valence-corrected chi connectivity index (χ2v) is 7.85. The number of hydrogen-bond acceptors (Lipinski definition) is 0. The summed E-state index contributed by atoms with van der Waals surface area (Å²) in [5.41, 5.74) is 0. The maximum absolute atomic E-state index is 2.58. The van der Waals surface area contributed by atoms with Crippen molar-refractivity contribution in [3.05, 3.63) is 0 Å². The minimum atomic E-state index is 0.982. The van der Waals surface area contributed by atoms with E-state index >= 15 is 0 Å². The first-order chi connectivity index (χ1) is 9.10. The van der Waals surface area contributed by atoms with Crippen molar-refractivity contribution < 1.29 is 0 Å². The first-order valence-electron chi connectivity index (χ1n) is 9.10. The Kier molecular flexibility index (Phi) is 5.37. The van der Waals surface area contributed by atoms with Gasteiger partial charge in [-0.1, -0.05) is 66.7 Å². The third-order valence-electron chi connectivity index (χ3n) is 6.79. The van der Waals surface area contributed by atoms with E-state index in [4.69, 9.17) is 0 Å². The molecule has 0 aromatic rings. The van der Waals surface area contributed by atoms with E-state index in [1.807, 2.05) is 0 Å². The monoisotopic (exact) mass is 264 g/mol. The quantitative estimate of drug-likeness (QED) is 0.483. The van der Waals surface area contributed by atoms with Gasteiger partial charge in [-0.25, -0.2) is 0 Å². The van der Waals surface area contributed by atoms with Crippen LogP contribution in [-0.4, -0.2) is 0 Å². The summed E-state index contributed by atoms with van der Waals surface area (Å²) in [5, 5.41) is 0. The summed E-state index contributed by atoms with van der Waals surface area (Å²) in [5.74, 6) is 7.26. The molecule has 0 bridgehead atoms. The molecule has 112 valence electrons. The van der Waals surface area contributed by atoms with Gasteiger partial charge >= 0.3 is 0 Å². The Morgan fingerprint density at radius 1 is 1.00 bits per heavy atom. The standard InChI is InChI=1S/C19H36/c1-6-8-9-10-16(7-2)15(5)18-12-17-13(3)11-14(4)19(17)18/h13-19H,6-12H2,1-5H3. The predicted octanol–water partition coefficient (Wildman–Crippen LogP) is 6.16. The smallest absolute Gasteiger partial charge is 0.0326 e. The third-order valence-corrected chi connectivity index (χ3v) is 6.79. The molecule has 0 spiro atoms. The van der Waals surface area contributed by atoms with Crippen molar-refractivity contribution in [2.24, 2.45) is 41.4 Å². The van der Waals surface area contributed by atoms with Crippen molar-refractivity contribution in [1.29, 1.82) is 0 Å². The van der Waals surface area contributed by atoms with Crippen molar-refractivity contribution in [3.8, 4) is 0 Å². The Bertz CT molecular complexity index is 269. The van der Waals surface area contributed by atoms with Gasteiger partial charge in [0, 0.05) is 0 Å². The van der Waals surface area contributed by atoms with Gasteiger partial charge in [0.05, 0.1) is 0 Å². The van der Waals surface area contributed by atoms with Crippen LogP contribution in [0.4, 0.5) is 0 Å². The molecule has 2 rings (SSSR count). The summed E-state index contributed by atoms with van der Waals surface area (Å²) < 4.78 is 0. The summed E-state index contributed by atoms with van der Waals surface area (Å²) in [6.45, 7) is 12.3. The van der Waals surface area contributed by atoms with E-state index in [1.54, 1.807) is 6.42 Å². The van der Waals surface area contributed by atoms with Crippen molar-refractivity contribution in [3.63, 3.8) is 0 Å². The fraction of sp³-hybridized carbons (Fsp3) is 1.00. The number of rotatable bonds is 7. The van der Waals surface area contributed by atoms with E-state index in [1.165, 1.54) is 38.5 Å². The molecule has 2 aliphatic rings. The Morgan fingerprint density at radius 3 is 2.32 bits per heavy atom. The Hall–Kier alpha value is 0. The molecule has 2 fully saturated rings. The topological polar surface area (TPSA) is 0 Å². The highest BCUT2D eigenvalue weighted by Crippen LogP contribution is 2.60. The molecule has 0 saturated heterocycles. The number of unbranched alkanes of at least 4 members (excludes halogenated alkanes) is 2. The van der Waals surface area contributed by atoms with Gasteiger partial charge < -0.3 is 0 Å². The summed E-state index contributed by atoms with van der Waals surface area (Å²) >= 11 is 0. The minimum Gasteiger partial charge on any atom is -0.0654 e. The molecule has 0 heteroatoms. The fourth-order valence-corrected chi connectivity index (χ4v) is 5.53.